The molecule has 4 rings (SSSR count). The molecule has 0 aliphatic heterocycles. The molecule has 0 fully saturated rings. The van der Waals surface area contributed by atoms with Crippen LogP contribution in [0.4, 0.5) is 0 Å². The molecule has 0 spiro atoms. The van der Waals surface area contributed by atoms with Gasteiger partial charge in [0.2, 0.25) is 11.8 Å². The summed E-state index contributed by atoms with van der Waals surface area (Å²) in [7, 11) is 0. The highest BCUT2D eigenvalue weighted by molar-refractivity contribution is 7.99. The van der Waals surface area contributed by atoms with Gasteiger partial charge in [0.1, 0.15) is 0 Å². The lowest BCUT2D eigenvalue weighted by molar-refractivity contribution is 0.444. The van der Waals surface area contributed by atoms with E-state index in [1.807, 2.05) is 37.3 Å². The van der Waals surface area contributed by atoms with E-state index >= 15 is 0 Å². The minimum absolute atomic E-state index is 0.125. The second-order valence-electron chi connectivity index (χ2n) is 4.92. The highest BCUT2D eigenvalue weighted by Gasteiger charge is 2.20. The smallest absolute Gasteiger partial charge is 0.284 e. The Kier molecular flexibility index (Phi) is 3.87. The van der Waals surface area contributed by atoms with Gasteiger partial charge >= 0.3 is 0 Å². The van der Waals surface area contributed by atoms with Crippen LogP contribution in [0.25, 0.3) is 23.1 Å². The van der Waals surface area contributed by atoms with Gasteiger partial charge in [-0.1, -0.05) is 30.0 Å². The number of hydrogen-bond donors (Lipinski definition) is 0. The van der Waals surface area contributed by atoms with Crippen molar-refractivity contribution >= 4 is 11.8 Å². The van der Waals surface area contributed by atoms with E-state index in [4.69, 9.17) is 13.3 Å². The molecule has 7 nitrogen and oxygen atoms in total. The topological polar surface area (TPSA) is 91.0 Å². The van der Waals surface area contributed by atoms with Crippen molar-refractivity contribution in [1.82, 2.24) is 20.4 Å². The summed E-state index contributed by atoms with van der Waals surface area (Å²) in [5.74, 6) is 1.85. The minimum atomic E-state index is -0.125. The molecule has 8 heteroatoms. The molecule has 3 aromatic heterocycles. The van der Waals surface area contributed by atoms with Gasteiger partial charge in [-0.05, 0) is 31.2 Å². The quantitative estimate of drug-likeness (QED) is 0.498. The van der Waals surface area contributed by atoms with Crippen LogP contribution in [0.5, 0.6) is 0 Å². The average Bonchev–Trinajstić information content (AvgIpc) is 3.36. The summed E-state index contributed by atoms with van der Waals surface area (Å²) in [5.41, 5.74) is 0.881. The number of furan rings is 1. The van der Waals surface area contributed by atoms with Crippen molar-refractivity contribution in [3.8, 4) is 23.1 Å². The number of rotatable bonds is 5. The monoisotopic (exact) mass is 340 g/mol. The third-order valence-corrected chi connectivity index (χ3v) is 4.15. The van der Waals surface area contributed by atoms with E-state index in [1.165, 1.54) is 11.8 Å². The molecule has 0 bridgehead atoms. The van der Waals surface area contributed by atoms with Gasteiger partial charge in [0.25, 0.3) is 11.1 Å². The maximum Gasteiger partial charge on any atom is 0.284 e. The SMILES string of the molecule is C[C@@H](Sc1nnc(-c2ccco2)o1)c1nnc(-c2ccccc2)o1. The number of benzene rings is 1. The predicted molar refractivity (Wildman–Crippen MR) is 86.0 cm³/mol. The first kappa shape index (κ1) is 14.7. The lowest BCUT2D eigenvalue weighted by atomic mass is 10.2. The number of nitrogens with zero attached hydrogens (tertiary/aromatic N) is 4. The fraction of sp³-hybridized carbons (Fsp3) is 0.125. The minimum Gasteiger partial charge on any atom is -0.459 e. The Hall–Kier alpha value is -2.87. The first-order valence-electron chi connectivity index (χ1n) is 7.22. The van der Waals surface area contributed by atoms with Crippen LogP contribution in [0.15, 0.2) is 67.2 Å². The lowest BCUT2D eigenvalue weighted by Gasteiger charge is -2.01. The standard InChI is InChI=1S/C16H12N4O3S/c1-10(13-17-18-14(22-13)11-6-3-2-4-7-11)24-16-20-19-15(23-16)12-8-5-9-21-12/h2-10H,1H3/t10-/m1/s1. The summed E-state index contributed by atoms with van der Waals surface area (Å²) >= 11 is 1.35. The molecule has 24 heavy (non-hydrogen) atoms. The van der Waals surface area contributed by atoms with Crippen molar-refractivity contribution in [1.29, 1.82) is 0 Å². The Morgan fingerprint density at radius 2 is 1.71 bits per heavy atom. The van der Waals surface area contributed by atoms with Gasteiger partial charge in [0.05, 0.1) is 11.5 Å². The average molecular weight is 340 g/mol. The van der Waals surface area contributed by atoms with Crippen LogP contribution in [-0.4, -0.2) is 20.4 Å². The van der Waals surface area contributed by atoms with Gasteiger partial charge in [-0.15, -0.1) is 20.4 Å². The van der Waals surface area contributed by atoms with E-state index in [1.54, 1.807) is 18.4 Å². The molecule has 0 unspecified atom stereocenters. The first-order chi connectivity index (χ1) is 11.8. The summed E-state index contributed by atoms with van der Waals surface area (Å²) in [6.07, 6.45) is 1.55. The first-order valence-corrected chi connectivity index (χ1v) is 8.10. The van der Waals surface area contributed by atoms with Crippen LogP contribution < -0.4 is 0 Å². The molecule has 1 aromatic carbocycles. The van der Waals surface area contributed by atoms with Crippen LogP contribution >= 0.6 is 11.8 Å². The van der Waals surface area contributed by atoms with Gasteiger partial charge in [0, 0.05) is 5.56 Å². The van der Waals surface area contributed by atoms with Crippen LogP contribution in [0.3, 0.4) is 0 Å². The summed E-state index contributed by atoms with van der Waals surface area (Å²) in [6, 6.07) is 13.1. The molecule has 0 radical (unpaired) electrons. The fourth-order valence-electron chi connectivity index (χ4n) is 2.06. The van der Waals surface area contributed by atoms with Crippen LogP contribution in [0, 0.1) is 0 Å². The third-order valence-electron chi connectivity index (χ3n) is 3.23. The maximum absolute atomic E-state index is 5.73. The molecular weight excluding hydrogens is 328 g/mol. The Bertz CT molecular complexity index is 918. The van der Waals surface area contributed by atoms with Crippen molar-refractivity contribution < 1.29 is 13.3 Å². The molecular formula is C16H12N4O3S. The summed E-state index contributed by atoms with van der Waals surface area (Å²) in [4.78, 5) is 0. The Labute approximate surface area is 141 Å². The van der Waals surface area contributed by atoms with Crippen LogP contribution in [0.2, 0.25) is 0 Å². The second-order valence-corrected chi connectivity index (χ2v) is 6.21. The van der Waals surface area contributed by atoms with E-state index in [0.29, 0.717) is 28.7 Å². The molecule has 3 heterocycles. The van der Waals surface area contributed by atoms with E-state index < -0.39 is 0 Å². The highest BCUT2D eigenvalue weighted by atomic mass is 32.2. The lowest BCUT2D eigenvalue weighted by Crippen LogP contribution is -1.88. The molecule has 0 N–H and O–H groups in total. The zero-order valence-electron chi connectivity index (χ0n) is 12.6. The van der Waals surface area contributed by atoms with Crippen molar-refractivity contribution in [2.75, 3.05) is 0 Å². The van der Waals surface area contributed by atoms with Gasteiger partial charge < -0.3 is 13.3 Å². The molecule has 1 atom stereocenters. The predicted octanol–water partition coefficient (Wildman–Crippen LogP) is 4.23. The van der Waals surface area contributed by atoms with E-state index in [-0.39, 0.29) is 5.25 Å². The zero-order valence-corrected chi connectivity index (χ0v) is 13.4. The molecule has 0 saturated carbocycles. The van der Waals surface area contributed by atoms with Crippen LogP contribution in [-0.2, 0) is 0 Å². The Morgan fingerprint density at radius 1 is 0.875 bits per heavy atom. The van der Waals surface area contributed by atoms with Crippen molar-refractivity contribution in [2.45, 2.75) is 17.4 Å². The van der Waals surface area contributed by atoms with E-state index in [2.05, 4.69) is 20.4 Å². The van der Waals surface area contributed by atoms with E-state index in [9.17, 15) is 0 Å². The molecule has 0 aliphatic carbocycles. The van der Waals surface area contributed by atoms with Crippen LogP contribution in [0.1, 0.15) is 18.1 Å². The molecule has 120 valence electrons. The number of hydrogen-bond acceptors (Lipinski definition) is 8. The Morgan fingerprint density at radius 3 is 2.50 bits per heavy atom. The second kappa shape index (κ2) is 6.32. The van der Waals surface area contributed by atoms with Crippen molar-refractivity contribution in [3.05, 3.63) is 54.6 Å². The summed E-state index contributed by atoms with van der Waals surface area (Å²) in [5, 5.41) is 16.4. The van der Waals surface area contributed by atoms with E-state index in [0.717, 1.165) is 5.56 Å². The molecule has 0 aliphatic rings. The van der Waals surface area contributed by atoms with Gasteiger partial charge in [-0.3, -0.25) is 0 Å². The maximum atomic E-state index is 5.73. The Balaban J connectivity index is 1.49. The van der Waals surface area contributed by atoms with Gasteiger partial charge in [0.15, 0.2) is 5.76 Å². The van der Waals surface area contributed by atoms with Crippen molar-refractivity contribution in [2.24, 2.45) is 0 Å². The highest BCUT2D eigenvalue weighted by Crippen LogP contribution is 2.35. The normalized spacial score (nSPS) is 12.4. The molecule has 0 amide bonds. The zero-order chi connectivity index (χ0) is 16.4. The number of aromatic nitrogens is 4. The van der Waals surface area contributed by atoms with Gasteiger partial charge in [-0.2, -0.15) is 0 Å². The van der Waals surface area contributed by atoms with Crippen molar-refractivity contribution in [3.63, 3.8) is 0 Å². The largest absolute Gasteiger partial charge is 0.459 e. The summed E-state index contributed by atoms with van der Waals surface area (Å²) < 4.78 is 16.5. The fourth-order valence-corrected chi connectivity index (χ4v) is 2.77. The number of thioether (sulfide) groups is 1. The van der Waals surface area contributed by atoms with Gasteiger partial charge in [-0.25, -0.2) is 0 Å². The molecule has 4 aromatic rings. The molecule has 0 saturated heterocycles. The summed E-state index contributed by atoms with van der Waals surface area (Å²) in [6.45, 7) is 1.93. The third kappa shape index (κ3) is 2.95.